The van der Waals surface area contributed by atoms with Gasteiger partial charge in [0.25, 0.3) is 0 Å². The molecular formula is C12H14N2O. The summed E-state index contributed by atoms with van der Waals surface area (Å²) < 4.78 is 1.36. The van der Waals surface area contributed by atoms with Crippen molar-refractivity contribution >= 4 is 10.9 Å². The molecule has 0 bridgehead atoms. The van der Waals surface area contributed by atoms with Gasteiger partial charge in [0, 0.05) is 11.9 Å². The Bertz CT molecular complexity index is 502. The smallest absolute Gasteiger partial charge is 0.0872 e. The van der Waals surface area contributed by atoms with Gasteiger partial charge in [-0.1, -0.05) is 18.2 Å². The van der Waals surface area contributed by atoms with Crippen molar-refractivity contribution < 1.29 is 5.21 Å². The summed E-state index contributed by atoms with van der Waals surface area (Å²) in [4.78, 5) is 0. The van der Waals surface area contributed by atoms with Crippen LogP contribution in [0.1, 0.15) is 17.7 Å². The number of hydrogen-bond donors (Lipinski definition) is 2. The van der Waals surface area contributed by atoms with E-state index in [2.05, 4.69) is 11.4 Å². The van der Waals surface area contributed by atoms with Gasteiger partial charge in [0.05, 0.1) is 11.2 Å². The van der Waals surface area contributed by atoms with E-state index in [9.17, 15) is 5.21 Å². The fourth-order valence-electron chi connectivity index (χ4n) is 2.39. The number of nitrogens with zero attached hydrogens (tertiary/aromatic N) is 1. The fraction of sp³-hybridized carbons (Fsp3) is 0.333. The highest BCUT2D eigenvalue weighted by Crippen LogP contribution is 2.26. The van der Waals surface area contributed by atoms with Gasteiger partial charge < -0.3 is 10.5 Å². The van der Waals surface area contributed by atoms with Crippen LogP contribution in [0.3, 0.4) is 0 Å². The first-order valence-corrected chi connectivity index (χ1v) is 5.39. The Morgan fingerprint density at radius 1 is 1.27 bits per heavy atom. The number of para-hydroxylation sites is 1. The van der Waals surface area contributed by atoms with E-state index < -0.39 is 0 Å². The summed E-state index contributed by atoms with van der Waals surface area (Å²) in [7, 11) is 0. The van der Waals surface area contributed by atoms with Gasteiger partial charge in [0.1, 0.15) is 0 Å². The van der Waals surface area contributed by atoms with Crippen molar-refractivity contribution in [3.8, 4) is 0 Å². The van der Waals surface area contributed by atoms with E-state index in [1.807, 2.05) is 18.2 Å². The lowest BCUT2D eigenvalue weighted by Gasteiger charge is -2.00. The maximum absolute atomic E-state index is 10.0. The summed E-state index contributed by atoms with van der Waals surface area (Å²) >= 11 is 0. The molecule has 0 spiro atoms. The highest BCUT2D eigenvalue weighted by atomic mass is 16.5. The number of aromatic nitrogens is 1. The molecule has 2 N–H and O–H groups in total. The van der Waals surface area contributed by atoms with Crippen molar-refractivity contribution in [2.24, 2.45) is 0 Å². The SMILES string of the molecule is On1c2c(c3ccccc31)CNCCC2. The lowest BCUT2D eigenvalue weighted by Crippen LogP contribution is -2.11. The molecule has 3 nitrogen and oxygen atoms in total. The molecule has 0 amide bonds. The average Bonchev–Trinajstić information content (AvgIpc) is 2.48. The zero-order valence-corrected chi connectivity index (χ0v) is 8.53. The van der Waals surface area contributed by atoms with E-state index in [1.54, 1.807) is 0 Å². The van der Waals surface area contributed by atoms with E-state index in [0.29, 0.717) is 0 Å². The summed E-state index contributed by atoms with van der Waals surface area (Å²) in [5.74, 6) is 0. The number of rotatable bonds is 0. The second-order valence-electron chi connectivity index (χ2n) is 4.03. The second kappa shape index (κ2) is 3.28. The summed E-state index contributed by atoms with van der Waals surface area (Å²) in [5.41, 5.74) is 3.25. The molecule has 1 aromatic carbocycles. The average molecular weight is 202 g/mol. The normalized spacial score (nSPS) is 16.3. The van der Waals surface area contributed by atoms with Crippen molar-refractivity contribution in [3.05, 3.63) is 35.5 Å². The molecule has 0 atom stereocenters. The number of nitrogens with one attached hydrogen (secondary N) is 1. The van der Waals surface area contributed by atoms with Crippen LogP contribution in [0.25, 0.3) is 10.9 Å². The van der Waals surface area contributed by atoms with Crippen LogP contribution in [-0.4, -0.2) is 16.5 Å². The van der Waals surface area contributed by atoms with Gasteiger partial charge in [-0.3, -0.25) is 0 Å². The van der Waals surface area contributed by atoms with Crippen LogP contribution >= 0.6 is 0 Å². The molecule has 0 radical (unpaired) electrons. The molecule has 2 heterocycles. The lowest BCUT2D eigenvalue weighted by molar-refractivity contribution is 0.190. The zero-order chi connectivity index (χ0) is 10.3. The van der Waals surface area contributed by atoms with E-state index in [-0.39, 0.29) is 0 Å². The molecule has 1 aliphatic rings. The Balaban J connectivity index is 2.32. The van der Waals surface area contributed by atoms with Crippen LogP contribution < -0.4 is 5.32 Å². The number of hydrogen-bond acceptors (Lipinski definition) is 2. The van der Waals surface area contributed by atoms with Gasteiger partial charge in [0.2, 0.25) is 0 Å². The Morgan fingerprint density at radius 3 is 3.07 bits per heavy atom. The van der Waals surface area contributed by atoms with Crippen LogP contribution in [0.2, 0.25) is 0 Å². The maximum Gasteiger partial charge on any atom is 0.0872 e. The van der Waals surface area contributed by atoms with Crippen LogP contribution in [0.15, 0.2) is 24.3 Å². The second-order valence-corrected chi connectivity index (χ2v) is 4.03. The largest absolute Gasteiger partial charge is 0.428 e. The van der Waals surface area contributed by atoms with Gasteiger partial charge in [-0.05, 0) is 31.0 Å². The number of fused-ring (bicyclic) bond motifs is 3. The van der Waals surface area contributed by atoms with Crippen molar-refractivity contribution in [1.29, 1.82) is 0 Å². The van der Waals surface area contributed by atoms with Crippen molar-refractivity contribution in [2.45, 2.75) is 19.4 Å². The highest BCUT2D eigenvalue weighted by Gasteiger charge is 2.17. The van der Waals surface area contributed by atoms with Crippen LogP contribution in [0, 0.1) is 0 Å². The highest BCUT2D eigenvalue weighted by molar-refractivity contribution is 5.85. The minimum Gasteiger partial charge on any atom is -0.428 e. The Labute approximate surface area is 88.3 Å². The van der Waals surface area contributed by atoms with Crippen LogP contribution in [0.5, 0.6) is 0 Å². The molecule has 3 heteroatoms. The Hall–Kier alpha value is -1.48. The third-order valence-electron chi connectivity index (χ3n) is 3.13. The minimum absolute atomic E-state index is 0.864. The van der Waals surface area contributed by atoms with E-state index in [0.717, 1.165) is 37.1 Å². The van der Waals surface area contributed by atoms with Gasteiger partial charge in [-0.25, -0.2) is 0 Å². The van der Waals surface area contributed by atoms with Crippen LogP contribution in [-0.2, 0) is 13.0 Å². The predicted octanol–water partition coefficient (Wildman–Crippen LogP) is 1.91. The summed E-state index contributed by atoms with van der Waals surface area (Å²) in [6, 6.07) is 8.02. The van der Waals surface area contributed by atoms with Crippen LogP contribution in [0.4, 0.5) is 0 Å². The van der Waals surface area contributed by atoms with E-state index in [4.69, 9.17) is 0 Å². The van der Waals surface area contributed by atoms with Gasteiger partial charge >= 0.3 is 0 Å². The van der Waals surface area contributed by atoms with Gasteiger partial charge in [-0.15, -0.1) is 0 Å². The molecular weight excluding hydrogens is 188 g/mol. The summed E-state index contributed by atoms with van der Waals surface area (Å²) in [6.07, 6.45) is 2.04. The standard InChI is InChI=1S/C12H14N2O/c15-14-11-5-2-1-4-9(11)10-8-13-7-3-6-12(10)14/h1-2,4-5,13,15H,3,6-8H2. The quantitative estimate of drug-likeness (QED) is 0.640. The molecule has 1 aliphatic heterocycles. The van der Waals surface area contributed by atoms with Gasteiger partial charge in [0.15, 0.2) is 0 Å². The Kier molecular flexibility index (Phi) is 1.92. The molecule has 0 aliphatic carbocycles. The molecule has 3 rings (SSSR count). The molecule has 1 aromatic heterocycles. The van der Waals surface area contributed by atoms with Crippen molar-refractivity contribution in [2.75, 3.05) is 6.54 Å². The first-order chi connectivity index (χ1) is 7.38. The maximum atomic E-state index is 10.0. The van der Waals surface area contributed by atoms with Crippen molar-refractivity contribution in [3.63, 3.8) is 0 Å². The first kappa shape index (κ1) is 8.80. The van der Waals surface area contributed by atoms with E-state index in [1.165, 1.54) is 15.7 Å². The van der Waals surface area contributed by atoms with Gasteiger partial charge in [-0.2, -0.15) is 4.73 Å². The summed E-state index contributed by atoms with van der Waals surface area (Å²) in [5, 5.41) is 14.6. The zero-order valence-electron chi connectivity index (χ0n) is 8.53. The summed E-state index contributed by atoms with van der Waals surface area (Å²) in [6.45, 7) is 1.90. The molecule has 0 saturated heterocycles. The number of benzene rings is 1. The first-order valence-electron chi connectivity index (χ1n) is 5.39. The minimum atomic E-state index is 0.864. The molecule has 0 unspecified atom stereocenters. The molecule has 15 heavy (non-hydrogen) atoms. The van der Waals surface area contributed by atoms with Crippen molar-refractivity contribution in [1.82, 2.24) is 10.0 Å². The lowest BCUT2D eigenvalue weighted by atomic mass is 10.1. The molecule has 78 valence electrons. The molecule has 0 saturated carbocycles. The third kappa shape index (κ3) is 1.23. The monoisotopic (exact) mass is 202 g/mol. The van der Waals surface area contributed by atoms with E-state index >= 15 is 0 Å². The predicted molar refractivity (Wildman–Crippen MR) is 59.2 cm³/mol. The molecule has 2 aromatic rings. The topological polar surface area (TPSA) is 37.2 Å². The Morgan fingerprint density at radius 2 is 2.13 bits per heavy atom. The third-order valence-corrected chi connectivity index (χ3v) is 3.13. The molecule has 0 fully saturated rings. The fourth-order valence-corrected chi connectivity index (χ4v) is 2.39.